The van der Waals surface area contributed by atoms with Crippen LogP contribution < -0.4 is 5.32 Å². The molecule has 0 saturated carbocycles. The van der Waals surface area contributed by atoms with Gasteiger partial charge in [0.2, 0.25) is 5.82 Å². The number of nitrogens with one attached hydrogen (secondary N) is 1. The van der Waals surface area contributed by atoms with E-state index in [1.165, 1.54) is 0 Å². The first-order chi connectivity index (χ1) is 13.4. The number of pyridine rings is 1. The number of nitrogens with zero attached hydrogens (tertiary/aromatic N) is 7. The molecule has 9 nitrogen and oxygen atoms in total. The van der Waals surface area contributed by atoms with Crippen LogP contribution in [0.4, 0.5) is 0 Å². The second kappa shape index (κ2) is 6.84. The minimum Gasteiger partial charge on any atom is -0.345 e. The predicted molar refractivity (Wildman–Crippen MR) is 102 cm³/mol. The van der Waals surface area contributed by atoms with Crippen LogP contribution in [0.15, 0.2) is 30.5 Å². The molecule has 4 aromatic rings. The summed E-state index contributed by atoms with van der Waals surface area (Å²) in [4.78, 5) is 25.4. The fraction of sp³-hybridized carbons (Fsp3) is 0.263. The first-order valence-corrected chi connectivity index (χ1v) is 8.88. The lowest BCUT2D eigenvalue weighted by Gasteiger charge is -2.06. The average molecular weight is 376 g/mol. The summed E-state index contributed by atoms with van der Waals surface area (Å²) >= 11 is 0. The van der Waals surface area contributed by atoms with E-state index in [0.717, 1.165) is 34.2 Å². The number of amides is 1. The monoisotopic (exact) mass is 376 g/mol. The van der Waals surface area contributed by atoms with Gasteiger partial charge in [0.1, 0.15) is 0 Å². The number of hydrogen-bond donors (Lipinski definition) is 1. The molecule has 0 saturated heterocycles. The van der Waals surface area contributed by atoms with Gasteiger partial charge in [-0.2, -0.15) is 10.1 Å². The molecule has 1 amide bonds. The summed E-state index contributed by atoms with van der Waals surface area (Å²) in [5, 5.41) is 11.5. The van der Waals surface area contributed by atoms with Crippen LogP contribution in [0, 0.1) is 27.7 Å². The van der Waals surface area contributed by atoms with Gasteiger partial charge < -0.3 is 5.32 Å². The third kappa shape index (κ3) is 3.34. The van der Waals surface area contributed by atoms with Crippen molar-refractivity contribution in [2.75, 3.05) is 0 Å². The van der Waals surface area contributed by atoms with E-state index in [1.807, 2.05) is 52.0 Å². The minimum absolute atomic E-state index is 0.0911. The molecule has 1 N–H and O–H groups in total. The minimum atomic E-state index is -0.356. The molecule has 0 atom stereocenters. The molecule has 0 radical (unpaired) electrons. The summed E-state index contributed by atoms with van der Waals surface area (Å²) < 4.78 is 3.35. The van der Waals surface area contributed by atoms with E-state index in [4.69, 9.17) is 0 Å². The number of aromatic nitrogens is 7. The number of rotatable bonds is 4. The molecule has 28 heavy (non-hydrogen) atoms. The van der Waals surface area contributed by atoms with Crippen LogP contribution in [0.1, 0.15) is 39.0 Å². The smallest absolute Gasteiger partial charge is 0.291 e. The largest absolute Gasteiger partial charge is 0.345 e. The van der Waals surface area contributed by atoms with Crippen LogP contribution in [-0.2, 0) is 6.54 Å². The van der Waals surface area contributed by atoms with Gasteiger partial charge in [-0.05, 0) is 51.5 Å². The molecule has 0 fully saturated rings. The summed E-state index contributed by atoms with van der Waals surface area (Å²) in [5.74, 6) is 0.886. The van der Waals surface area contributed by atoms with Gasteiger partial charge in [0.25, 0.3) is 11.7 Å². The molecule has 0 aliphatic carbocycles. The van der Waals surface area contributed by atoms with Crippen LogP contribution in [0.3, 0.4) is 0 Å². The maximum Gasteiger partial charge on any atom is 0.291 e. The van der Waals surface area contributed by atoms with Crippen LogP contribution in [0.5, 0.6) is 0 Å². The number of carbonyl (C=O) groups is 1. The van der Waals surface area contributed by atoms with Crippen molar-refractivity contribution in [3.05, 3.63) is 64.6 Å². The first kappa shape index (κ1) is 17.8. The van der Waals surface area contributed by atoms with Crippen molar-refractivity contribution < 1.29 is 4.79 Å². The molecular formula is C19H20N8O. The highest BCUT2D eigenvalue weighted by atomic mass is 16.2. The molecule has 4 heterocycles. The third-order valence-corrected chi connectivity index (χ3v) is 4.31. The summed E-state index contributed by atoms with van der Waals surface area (Å²) in [6, 6.07) is 7.67. The molecule has 0 aliphatic heterocycles. The highest BCUT2D eigenvalue weighted by Gasteiger charge is 2.15. The fourth-order valence-electron chi connectivity index (χ4n) is 3.03. The van der Waals surface area contributed by atoms with Gasteiger partial charge in [0, 0.05) is 29.8 Å². The van der Waals surface area contributed by atoms with E-state index in [1.54, 1.807) is 15.4 Å². The molecule has 9 heteroatoms. The average Bonchev–Trinajstić information content (AvgIpc) is 3.23. The SMILES string of the molecule is Cc1cc(C)n2nc(C(=O)NCc3ccc(-n4nc(C)cc4C)nc3)nc2n1. The molecule has 0 aliphatic rings. The Kier molecular flexibility index (Phi) is 4.34. The third-order valence-electron chi connectivity index (χ3n) is 4.31. The normalized spacial score (nSPS) is 11.1. The zero-order valence-corrected chi connectivity index (χ0v) is 16.1. The van der Waals surface area contributed by atoms with Crippen molar-refractivity contribution in [3.8, 4) is 5.82 Å². The number of fused-ring (bicyclic) bond motifs is 1. The Hall–Kier alpha value is -3.62. The van der Waals surface area contributed by atoms with Crippen molar-refractivity contribution >= 4 is 11.7 Å². The fourth-order valence-corrected chi connectivity index (χ4v) is 3.03. The predicted octanol–water partition coefficient (Wildman–Crippen LogP) is 1.87. The quantitative estimate of drug-likeness (QED) is 0.583. The highest BCUT2D eigenvalue weighted by Crippen LogP contribution is 2.10. The van der Waals surface area contributed by atoms with Crippen LogP contribution in [-0.4, -0.2) is 40.3 Å². The summed E-state index contributed by atoms with van der Waals surface area (Å²) in [5.41, 5.74) is 4.53. The summed E-state index contributed by atoms with van der Waals surface area (Å²) in [6.07, 6.45) is 1.72. The van der Waals surface area contributed by atoms with Gasteiger partial charge in [0.15, 0.2) is 5.82 Å². The lowest BCUT2D eigenvalue weighted by Crippen LogP contribution is -2.24. The van der Waals surface area contributed by atoms with Crippen LogP contribution in [0.2, 0.25) is 0 Å². The molecule has 0 bridgehead atoms. The second-order valence-corrected chi connectivity index (χ2v) is 6.73. The van der Waals surface area contributed by atoms with E-state index < -0.39 is 0 Å². The van der Waals surface area contributed by atoms with Gasteiger partial charge in [-0.1, -0.05) is 6.07 Å². The van der Waals surface area contributed by atoms with Crippen LogP contribution >= 0.6 is 0 Å². The summed E-state index contributed by atoms with van der Waals surface area (Å²) in [7, 11) is 0. The van der Waals surface area contributed by atoms with E-state index in [0.29, 0.717) is 12.3 Å². The molecule has 0 unspecified atom stereocenters. The molecule has 4 aromatic heterocycles. The van der Waals surface area contributed by atoms with Gasteiger partial charge in [-0.15, -0.1) is 5.10 Å². The number of aryl methyl sites for hydroxylation is 4. The molecule has 0 aromatic carbocycles. The Bertz CT molecular complexity index is 1170. The van der Waals surface area contributed by atoms with Gasteiger partial charge in [-0.3, -0.25) is 4.79 Å². The van der Waals surface area contributed by atoms with Crippen molar-refractivity contribution in [1.29, 1.82) is 0 Å². The topological polar surface area (TPSA) is 103 Å². The van der Waals surface area contributed by atoms with E-state index >= 15 is 0 Å². The van der Waals surface area contributed by atoms with Gasteiger partial charge in [-0.25, -0.2) is 19.2 Å². The Morgan fingerprint density at radius 2 is 1.79 bits per heavy atom. The number of hydrogen-bond acceptors (Lipinski definition) is 6. The van der Waals surface area contributed by atoms with E-state index in [2.05, 4.69) is 30.5 Å². The standard InChI is InChI=1S/C19H20N8O/c1-11-7-14(4)27-19(22-11)23-17(25-27)18(28)21-10-15-5-6-16(20-9-15)26-13(3)8-12(2)24-26/h5-9H,10H2,1-4H3,(H,21,28). The van der Waals surface area contributed by atoms with Crippen molar-refractivity contribution in [1.82, 2.24) is 39.7 Å². The van der Waals surface area contributed by atoms with Gasteiger partial charge >= 0.3 is 0 Å². The zero-order valence-electron chi connectivity index (χ0n) is 16.1. The Balaban J connectivity index is 1.46. The van der Waals surface area contributed by atoms with E-state index in [-0.39, 0.29) is 11.7 Å². The highest BCUT2D eigenvalue weighted by molar-refractivity contribution is 5.90. The lowest BCUT2D eigenvalue weighted by molar-refractivity contribution is 0.0940. The maximum absolute atomic E-state index is 12.4. The van der Waals surface area contributed by atoms with Gasteiger partial charge in [0.05, 0.1) is 5.69 Å². The van der Waals surface area contributed by atoms with E-state index in [9.17, 15) is 4.79 Å². The summed E-state index contributed by atoms with van der Waals surface area (Å²) in [6.45, 7) is 8.03. The Labute approximate surface area is 161 Å². The van der Waals surface area contributed by atoms with Crippen molar-refractivity contribution in [2.45, 2.75) is 34.2 Å². The first-order valence-electron chi connectivity index (χ1n) is 8.88. The molecule has 0 spiro atoms. The zero-order chi connectivity index (χ0) is 19.8. The maximum atomic E-state index is 12.4. The lowest BCUT2D eigenvalue weighted by atomic mass is 10.3. The molecular weight excluding hydrogens is 356 g/mol. The van der Waals surface area contributed by atoms with Crippen molar-refractivity contribution in [3.63, 3.8) is 0 Å². The number of carbonyl (C=O) groups excluding carboxylic acids is 1. The van der Waals surface area contributed by atoms with Crippen LogP contribution in [0.25, 0.3) is 11.6 Å². The molecule has 4 rings (SSSR count). The Morgan fingerprint density at radius 1 is 1.00 bits per heavy atom. The molecule has 142 valence electrons. The van der Waals surface area contributed by atoms with Crippen molar-refractivity contribution in [2.24, 2.45) is 0 Å². The second-order valence-electron chi connectivity index (χ2n) is 6.73. The Morgan fingerprint density at radius 3 is 2.46 bits per heavy atom.